The van der Waals surface area contributed by atoms with Crippen LogP contribution in [-0.4, -0.2) is 11.0 Å². The van der Waals surface area contributed by atoms with Gasteiger partial charge in [0.25, 0.3) is 0 Å². The highest BCUT2D eigenvalue weighted by Crippen LogP contribution is 2.27. The molecule has 1 atom stereocenters. The van der Waals surface area contributed by atoms with Gasteiger partial charge in [0, 0.05) is 16.9 Å². The molecule has 0 aliphatic rings. The van der Waals surface area contributed by atoms with Gasteiger partial charge in [-0.2, -0.15) is 0 Å². The zero-order chi connectivity index (χ0) is 10.1. The van der Waals surface area contributed by atoms with E-state index < -0.39 is 0 Å². The van der Waals surface area contributed by atoms with Crippen LogP contribution in [-0.2, 0) is 6.42 Å². The van der Waals surface area contributed by atoms with Crippen molar-refractivity contribution >= 4 is 26.8 Å². The quantitative estimate of drug-likeness (QED) is 0.849. The number of hydrogen-bond donors (Lipinski definition) is 2. The van der Waals surface area contributed by atoms with E-state index in [-0.39, 0.29) is 6.04 Å². The molecule has 74 valence electrons. The van der Waals surface area contributed by atoms with Crippen LogP contribution in [0.5, 0.6) is 0 Å². The molecule has 0 aliphatic heterocycles. The van der Waals surface area contributed by atoms with E-state index in [0.29, 0.717) is 0 Å². The highest BCUT2D eigenvalue weighted by molar-refractivity contribution is 9.10. The average molecular weight is 253 g/mol. The molecule has 2 rings (SSSR count). The van der Waals surface area contributed by atoms with Crippen LogP contribution >= 0.6 is 15.9 Å². The minimum Gasteiger partial charge on any atom is -0.349 e. The number of nitrogens with two attached hydrogens (primary N) is 1. The molecule has 0 saturated heterocycles. The summed E-state index contributed by atoms with van der Waals surface area (Å²) in [4.78, 5) is 3.29. The molecule has 0 bridgehead atoms. The number of aromatic nitrogens is 1. The van der Waals surface area contributed by atoms with Crippen LogP contribution < -0.4 is 5.73 Å². The van der Waals surface area contributed by atoms with Crippen molar-refractivity contribution in [1.29, 1.82) is 0 Å². The minimum atomic E-state index is 0.186. The van der Waals surface area contributed by atoms with Crippen molar-refractivity contribution in [1.82, 2.24) is 4.98 Å². The molecule has 3 heteroatoms. The van der Waals surface area contributed by atoms with Crippen molar-refractivity contribution in [2.45, 2.75) is 19.4 Å². The second-order valence-corrected chi connectivity index (χ2v) is 4.44. The summed E-state index contributed by atoms with van der Waals surface area (Å²) in [5.41, 5.74) is 8.24. The predicted octanol–water partition coefficient (Wildman–Crippen LogP) is 2.82. The van der Waals surface area contributed by atoms with E-state index in [4.69, 9.17) is 5.73 Å². The lowest BCUT2D eigenvalue weighted by molar-refractivity contribution is 0.739. The number of para-hydroxylation sites is 1. The molecule has 2 nitrogen and oxygen atoms in total. The van der Waals surface area contributed by atoms with Crippen LogP contribution in [0, 0.1) is 0 Å². The first-order valence-electron chi connectivity index (χ1n) is 4.69. The smallest absolute Gasteiger partial charge is 0.0864 e. The number of nitrogens with one attached hydrogen (secondary N) is 1. The molecule has 3 N–H and O–H groups in total. The predicted molar refractivity (Wildman–Crippen MR) is 63.4 cm³/mol. The molecule has 0 spiro atoms. The number of benzene rings is 1. The fraction of sp³-hybridized carbons (Fsp3) is 0.273. The van der Waals surface area contributed by atoms with Crippen LogP contribution in [0.4, 0.5) is 0 Å². The summed E-state index contributed by atoms with van der Waals surface area (Å²) in [6.07, 6.45) is 0.893. The summed E-state index contributed by atoms with van der Waals surface area (Å²) in [5.74, 6) is 0. The fourth-order valence-corrected chi connectivity index (χ4v) is 2.28. The van der Waals surface area contributed by atoms with Gasteiger partial charge in [0.1, 0.15) is 0 Å². The Hall–Kier alpha value is -0.800. The van der Waals surface area contributed by atoms with Crippen LogP contribution in [0.1, 0.15) is 12.5 Å². The molecule has 2 aromatic rings. The Morgan fingerprint density at radius 2 is 2.14 bits per heavy atom. The van der Waals surface area contributed by atoms with Crippen molar-refractivity contribution in [3.8, 4) is 0 Å². The molecule has 14 heavy (non-hydrogen) atoms. The number of fused-ring (bicyclic) bond motifs is 1. The highest BCUT2D eigenvalue weighted by atomic mass is 79.9. The number of aromatic amines is 1. The van der Waals surface area contributed by atoms with Gasteiger partial charge in [-0.25, -0.2) is 0 Å². The summed E-state index contributed by atoms with van der Waals surface area (Å²) in [7, 11) is 0. The van der Waals surface area contributed by atoms with Gasteiger partial charge < -0.3 is 10.7 Å². The molecule has 0 aliphatic carbocycles. The lowest BCUT2D eigenvalue weighted by atomic mass is 10.1. The number of rotatable bonds is 2. The summed E-state index contributed by atoms with van der Waals surface area (Å²) >= 11 is 3.53. The van der Waals surface area contributed by atoms with Crippen molar-refractivity contribution in [2.24, 2.45) is 5.73 Å². The van der Waals surface area contributed by atoms with E-state index in [2.05, 4.69) is 33.0 Å². The van der Waals surface area contributed by atoms with Gasteiger partial charge in [-0.05, 0) is 40.9 Å². The first-order chi connectivity index (χ1) is 6.68. The first-order valence-corrected chi connectivity index (χ1v) is 5.48. The van der Waals surface area contributed by atoms with Crippen LogP contribution in [0.15, 0.2) is 28.9 Å². The Bertz CT molecular complexity index is 445. The zero-order valence-corrected chi connectivity index (χ0v) is 9.64. The molecule has 1 aromatic carbocycles. The molecule has 0 fully saturated rings. The Morgan fingerprint density at radius 3 is 2.86 bits per heavy atom. The van der Waals surface area contributed by atoms with Gasteiger partial charge >= 0.3 is 0 Å². The molecule has 0 saturated carbocycles. The fourth-order valence-electron chi connectivity index (χ4n) is 1.69. The first kappa shape index (κ1) is 9.74. The number of halogens is 1. The molecule has 0 radical (unpaired) electrons. The van der Waals surface area contributed by atoms with Crippen molar-refractivity contribution in [3.63, 3.8) is 0 Å². The van der Waals surface area contributed by atoms with Gasteiger partial charge in [-0.3, -0.25) is 0 Å². The normalized spacial score (nSPS) is 13.4. The van der Waals surface area contributed by atoms with Crippen LogP contribution in [0.2, 0.25) is 0 Å². The largest absolute Gasteiger partial charge is 0.349 e. The molecular weight excluding hydrogens is 240 g/mol. The van der Waals surface area contributed by atoms with E-state index in [1.54, 1.807) is 0 Å². The Morgan fingerprint density at radius 1 is 1.43 bits per heavy atom. The monoisotopic (exact) mass is 252 g/mol. The van der Waals surface area contributed by atoms with E-state index in [0.717, 1.165) is 16.5 Å². The Balaban J connectivity index is 2.56. The second-order valence-electron chi connectivity index (χ2n) is 3.64. The summed E-state index contributed by atoms with van der Waals surface area (Å²) < 4.78 is 1.05. The van der Waals surface area contributed by atoms with Crippen LogP contribution in [0.25, 0.3) is 10.9 Å². The van der Waals surface area contributed by atoms with Crippen molar-refractivity contribution in [2.75, 3.05) is 0 Å². The van der Waals surface area contributed by atoms with Gasteiger partial charge in [0.2, 0.25) is 0 Å². The van der Waals surface area contributed by atoms with Crippen LogP contribution in [0.3, 0.4) is 0 Å². The average Bonchev–Trinajstić information content (AvgIpc) is 2.43. The van der Waals surface area contributed by atoms with Gasteiger partial charge in [-0.1, -0.05) is 18.2 Å². The maximum atomic E-state index is 5.81. The third kappa shape index (κ3) is 1.70. The number of H-pyrrole nitrogens is 1. The van der Waals surface area contributed by atoms with Crippen molar-refractivity contribution in [3.05, 3.63) is 34.4 Å². The minimum absolute atomic E-state index is 0.186. The molecule has 1 heterocycles. The maximum Gasteiger partial charge on any atom is 0.0864 e. The Labute approximate surface area is 91.6 Å². The van der Waals surface area contributed by atoms with Gasteiger partial charge in [-0.15, -0.1) is 0 Å². The lowest BCUT2D eigenvalue weighted by Crippen LogP contribution is -2.17. The highest BCUT2D eigenvalue weighted by Gasteiger charge is 2.09. The zero-order valence-electron chi connectivity index (χ0n) is 8.05. The van der Waals surface area contributed by atoms with E-state index >= 15 is 0 Å². The third-order valence-corrected chi connectivity index (χ3v) is 2.96. The SMILES string of the molecule is CC(N)Cc1c(Br)[nH]c2ccccc12. The van der Waals surface area contributed by atoms with Gasteiger partial charge in [0.15, 0.2) is 0 Å². The lowest BCUT2D eigenvalue weighted by Gasteiger charge is -2.03. The summed E-state index contributed by atoms with van der Waals surface area (Å²) in [6, 6.07) is 8.46. The second kappa shape index (κ2) is 3.75. The maximum absolute atomic E-state index is 5.81. The summed E-state index contributed by atoms with van der Waals surface area (Å²) in [6.45, 7) is 2.02. The van der Waals surface area contributed by atoms with Crippen molar-refractivity contribution < 1.29 is 0 Å². The Kier molecular flexibility index (Phi) is 2.61. The molecular formula is C11H13BrN2. The van der Waals surface area contributed by atoms with Gasteiger partial charge in [0.05, 0.1) is 4.60 Å². The third-order valence-electron chi connectivity index (χ3n) is 2.29. The number of hydrogen-bond acceptors (Lipinski definition) is 1. The van der Waals surface area contributed by atoms with E-state index in [1.807, 2.05) is 19.1 Å². The van der Waals surface area contributed by atoms with E-state index in [1.165, 1.54) is 10.9 Å². The molecule has 1 unspecified atom stereocenters. The molecule has 0 amide bonds. The molecule has 1 aromatic heterocycles. The van der Waals surface area contributed by atoms with E-state index in [9.17, 15) is 0 Å². The topological polar surface area (TPSA) is 41.8 Å². The standard InChI is InChI=1S/C11H13BrN2/c1-7(13)6-9-8-4-2-3-5-10(8)14-11(9)12/h2-5,7,14H,6,13H2,1H3. The summed E-state index contributed by atoms with van der Waals surface area (Å²) in [5, 5.41) is 1.26.